The smallest absolute Gasteiger partial charge is 0.00194 e. The van der Waals surface area contributed by atoms with Gasteiger partial charge in [-0.2, -0.15) is 0 Å². The third kappa shape index (κ3) is 4.81. The van der Waals surface area contributed by atoms with Crippen LogP contribution in [0.4, 0.5) is 0 Å². The van der Waals surface area contributed by atoms with Crippen LogP contribution in [0.1, 0.15) is 19.8 Å². The van der Waals surface area contributed by atoms with Gasteiger partial charge in [0.1, 0.15) is 0 Å². The minimum atomic E-state index is 0.800. The molecule has 1 aliphatic rings. The number of likely N-dealkylation sites (tertiary alicyclic amines) is 1. The lowest BCUT2D eigenvalue weighted by Crippen LogP contribution is -2.34. The van der Waals surface area contributed by atoms with Crippen LogP contribution in [0.5, 0.6) is 0 Å². The van der Waals surface area contributed by atoms with E-state index in [4.69, 9.17) is 0 Å². The van der Waals surface area contributed by atoms with Crippen LogP contribution in [0.15, 0.2) is 0 Å². The van der Waals surface area contributed by atoms with E-state index in [1.165, 1.54) is 39.0 Å². The molecule has 96 valence electrons. The molecule has 1 saturated heterocycles. The van der Waals surface area contributed by atoms with E-state index in [0.717, 1.165) is 18.4 Å². The Morgan fingerprint density at radius 3 is 2.75 bits per heavy atom. The lowest BCUT2D eigenvalue weighted by atomic mass is 10.0. The zero-order valence-electron chi connectivity index (χ0n) is 11.5. The molecule has 0 aliphatic carbocycles. The predicted molar refractivity (Wildman–Crippen MR) is 70.8 cm³/mol. The van der Waals surface area contributed by atoms with Gasteiger partial charge in [0, 0.05) is 19.6 Å². The van der Waals surface area contributed by atoms with Gasteiger partial charge in [-0.15, -0.1) is 0 Å². The number of hydrogen-bond acceptors (Lipinski definition) is 3. The third-order valence-electron chi connectivity index (χ3n) is 3.70. The molecule has 0 aromatic heterocycles. The standard InChI is InChI=1S/C13H29N3/c1-5-12(8-14-2)9-16(4)11-13-6-7-15(3)10-13/h12-14H,5-11H2,1-4H3. The highest BCUT2D eigenvalue weighted by atomic mass is 15.1. The van der Waals surface area contributed by atoms with Crippen molar-refractivity contribution in [1.29, 1.82) is 0 Å². The van der Waals surface area contributed by atoms with Crippen LogP contribution in [0.2, 0.25) is 0 Å². The second-order valence-corrected chi connectivity index (χ2v) is 5.47. The zero-order valence-corrected chi connectivity index (χ0v) is 11.5. The maximum atomic E-state index is 3.29. The van der Waals surface area contributed by atoms with Crippen LogP contribution >= 0.6 is 0 Å². The molecule has 16 heavy (non-hydrogen) atoms. The third-order valence-corrected chi connectivity index (χ3v) is 3.70. The van der Waals surface area contributed by atoms with Gasteiger partial charge in [-0.25, -0.2) is 0 Å². The fourth-order valence-corrected chi connectivity index (χ4v) is 2.76. The van der Waals surface area contributed by atoms with Gasteiger partial charge in [0.25, 0.3) is 0 Å². The Morgan fingerprint density at radius 1 is 1.50 bits per heavy atom. The Balaban J connectivity index is 2.21. The fraction of sp³-hybridized carbons (Fsp3) is 1.00. The van der Waals surface area contributed by atoms with Gasteiger partial charge < -0.3 is 15.1 Å². The molecule has 0 aromatic rings. The van der Waals surface area contributed by atoms with E-state index in [2.05, 4.69) is 43.2 Å². The van der Waals surface area contributed by atoms with Crippen molar-refractivity contribution >= 4 is 0 Å². The van der Waals surface area contributed by atoms with E-state index in [1.807, 2.05) is 0 Å². The van der Waals surface area contributed by atoms with Crippen LogP contribution < -0.4 is 5.32 Å². The lowest BCUT2D eigenvalue weighted by Gasteiger charge is -2.25. The summed E-state index contributed by atoms with van der Waals surface area (Å²) in [5.74, 6) is 1.69. The molecule has 0 spiro atoms. The molecule has 0 radical (unpaired) electrons. The van der Waals surface area contributed by atoms with Gasteiger partial charge >= 0.3 is 0 Å². The summed E-state index contributed by atoms with van der Waals surface area (Å²) < 4.78 is 0. The van der Waals surface area contributed by atoms with Crippen LogP contribution in [0.3, 0.4) is 0 Å². The van der Waals surface area contributed by atoms with E-state index in [9.17, 15) is 0 Å². The summed E-state index contributed by atoms with van der Waals surface area (Å²) in [7, 11) is 6.56. The van der Waals surface area contributed by atoms with Crippen LogP contribution in [0.25, 0.3) is 0 Å². The maximum absolute atomic E-state index is 3.29. The van der Waals surface area contributed by atoms with Gasteiger partial charge in [0.2, 0.25) is 0 Å². The van der Waals surface area contributed by atoms with Crippen molar-refractivity contribution in [2.24, 2.45) is 11.8 Å². The number of hydrogen-bond donors (Lipinski definition) is 1. The molecule has 0 aromatic carbocycles. The van der Waals surface area contributed by atoms with Crippen molar-refractivity contribution in [2.45, 2.75) is 19.8 Å². The zero-order chi connectivity index (χ0) is 12.0. The average molecular weight is 227 g/mol. The first-order valence-corrected chi connectivity index (χ1v) is 6.67. The van der Waals surface area contributed by atoms with Crippen molar-refractivity contribution in [1.82, 2.24) is 15.1 Å². The molecule has 3 nitrogen and oxygen atoms in total. The van der Waals surface area contributed by atoms with Gasteiger partial charge in [0.05, 0.1) is 0 Å². The highest BCUT2D eigenvalue weighted by Gasteiger charge is 2.21. The Labute approximate surface area is 101 Å². The van der Waals surface area contributed by atoms with E-state index in [0.29, 0.717) is 0 Å². The van der Waals surface area contributed by atoms with Crippen LogP contribution in [0, 0.1) is 11.8 Å². The second-order valence-electron chi connectivity index (χ2n) is 5.47. The molecule has 0 bridgehead atoms. The molecular formula is C13H29N3. The number of rotatable bonds is 7. The number of nitrogens with one attached hydrogen (secondary N) is 1. The molecule has 3 heteroatoms. The minimum Gasteiger partial charge on any atom is -0.319 e. The highest BCUT2D eigenvalue weighted by Crippen LogP contribution is 2.16. The van der Waals surface area contributed by atoms with Crippen molar-refractivity contribution in [3.05, 3.63) is 0 Å². The molecule has 1 N–H and O–H groups in total. The van der Waals surface area contributed by atoms with Crippen LogP contribution in [-0.4, -0.2) is 63.7 Å². The summed E-state index contributed by atoms with van der Waals surface area (Å²) in [6, 6.07) is 0. The Hall–Kier alpha value is -0.120. The van der Waals surface area contributed by atoms with Crippen molar-refractivity contribution in [3.8, 4) is 0 Å². The summed E-state index contributed by atoms with van der Waals surface area (Å²) >= 11 is 0. The van der Waals surface area contributed by atoms with Gasteiger partial charge in [-0.3, -0.25) is 0 Å². The predicted octanol–water partition coefficient (Wildman–Crippen LogP) is 1.12. The van der Waals surface area contributed by atoms with Crippen LogP contribution in [-0.2, 0) is 0 Å². The van der Waals surface area contributed by atoms with Gasteiger partial charge in [0.15, 0.2) is 0 Å². The topological polar surface area (TPSA) is 18.5 Å². The first-order chi connectivity index (χ1) is 7.65. The maximum Gasteiger partial charge on any atom is 0.00194 e. The highest BCUT2D eigenvalue weighted by molar-refractivity contribution is 4.76. The quantitative estimate of drug-likeness (QED) is 0.703. The minimum absolute atomic E-state index is 0.800. The Morgan fingerprint density at radius 2 is 2.25 bits per heavy atom. The van der Waals surface area contributed by atoms with E-state index < -0.39 is 0 Å². The average Bonchev–Trinajstić information content (AvgIpc) is 2.63. The molecule has 1 rings (SSSR count). The summed E-state index contributed by atoms with van der Waals surface area (Å²) in [4.78, 5) is 4.97. The second kappa shape index (κ2) is 7.25. The molecule has 1 fully saturated rings. The molecule has 1 aliphatic heterocycles. The van der Waals surface area contributed by atoms with Crippen molar-refractivity contribution < 1.29 is 0 Å². The van der Waals surface area contributed by atoms with Crippen molar-refractivity contribution in [2.75, 3.05) is 53.9 Å². The first kappa shape index (κ1) is 13.9. The summed E-state index contributed by atoms with van der Waals surface area (Å²) in [5.41, 5.74) is 0. The largest absolute Gasteiger partial charge is 0.319 e. The Bertz CT molecular complexity index is 178. The molecule has 0 amide bonds. The number of nitrogens with zero attached hydrogens (tertiary/aromatic N) is 2. The summed E-state index contributed by atoms with van der Waals surface area (Å²) in [6.07, 6.45) is 2.65. The SMILES string of the molecule is CCC(CNC)CN(C)CC1CCN(C)C1. The van der Waals surface area contributed by atoms with E-state index >= 15 is 0 Å². The van der Waals surface area contributed by atoms with Gasteiger partial charge in [-0.05, 0) is 52.5 Å². The molecule has 2 atom stereocenters. The summed E-state index contributed by atoms with van der Waals surface area (Å²) in [6.45, 7) is 8.51. The molecule has 1 heterocycles. The van der Waals surface area contributed by atoms with E-state index in [1.54, 1.807) is 0 Å². The van der Waals surface area contributed by atoms with Gasteiger partial charge in [-0.1, -0.05) is 13.3 Å². The Kier molecular flexibility index (Phi) is 6.32. The monoisotopic (exact) mass is 227 g/mol. The fourth-order valence-electron chi connectivity index (χ4n) is 2.76. The first-order valence-electron chi connectivity index (χ1n) is 6.67. The molecular weight excluding hydrogens is 198 g/mol. The lowest BCUT2D eigenvalue weighted by molar-refractivity contribution is 0.232. The van der Waals surface area contributed by atoms with Crippen molar-refractivity contribution in [3.63, 3.8) is 0 Å². The van der Waals surface area contributed by atoms with E-state index in [-0.39, 0.29) is 0 Å². The molecule has 2 unspecified atom stereocenters. The molecule has 0 saturated carbocycles. The summed E-state index contributed by atoms with van der Waals surface area (Å²) in [5, 5.41) is 3.29. The normalized spacial score (nSPS) is 24.2.